The van der Waals surface area contributed by atoms with Crippen LogP contribution in [0.1, 0.15) is 28.1 Å². The Morgan fingerprint density at radius 3 is 2.33 bits per heavy atom. The van der Waals surface area contributed by atoms with Crippen molar-refractivity contribution in [1.82, 2.24) is 14.8 Å². The normalized spacial score (nSPS) is 14.1. The van der Waals surface area contributed by atoms with Gasteiger partial charge in [-0.25, -0.2) is 4.98 Å². The predicted octanol–water partition coefficient (Wildman–Crippen LogP) is 5.33. The summed E-state index contributed by atoms with van der Waals surface area (Å²) in [4.78, 5) is 35.8. The Kier molecular flexibility index (Phi) is 6.51. The minimum Gasteiger partial charge on any atom is -0.339 e. The van der Waals surface area contributed by atoms with Crippen LogP contribution in [0.4, 0.5) is 0 Å². The summed E-state index contributed by atoms with van der Waals surface area (Å²) in [6, 6.07) is 22.2. The van der Waals surface area contributed by atoms with Crippen molar-refractivity contribution in [3.63, 3.8) is 0 Å². The zero-order valence-electron chi connectivity index (χ0n) is 18.3. The molecule has 1 aliphatic heterocycles. The van der Waals surface area contributed by atoms with Crippen LogP contribution in [-0.4, -0.2) is 52.8 Å². The highest BCUT2D eigenvalue weighted by atomic mass is 32.1. The second-order valence-electron chi connectivity index (χ2n) is 8.16. The fourth-order valence-electron chi connectivity index (χ4n) is 4.11. The van der Waals surface area contributed by atoms with Crippen LogP contribution in [0.15, 0.2) is 66.7 Å². The van der Waals surface area contributed by atoms with Gasteiger partial charge in [0.15, 0.2) is 0 Å². The summed E-state index contributed by atoms with van der Waals surface area (Å²) < 4.78 is 1.15. The van der Waals surface area contributed by atoms with E-state index in [1.165, 1.54) is 16.9 Å². The van der Waals surface area contributed by atoms with Gasteiger partial charge >= 0.3 is 0 Å². The van der Waals surface area contributed by atoms with Crippen LogP contribution in [0.25, 0.3) is 20.1 Å². The van der Waals surface area contributed by atoms with E-state index in [4.69, 9.17) is 4.98 Å². The highest BCUT2D eigenvalue weighted by Crippen LogP contribution is 2.34. The SMILES string of the molecule is O=C(CCCc1ccccc1)N1CCN(C(=O)c2ccc(-c3nc4ccccc4s3)s2)CC1. The first-order valence-electron chi connectivity index (χ1n) is 11.2. The fraction of sp³-hybridized carbons (Fsp3) is 0.269. The predicted molar refractivity (Wildman–Crippen MR) is 135 cm³/mol. The van der Waals surface area contributed by atoms with Crippen molar-refractivity contribution >= 4 is 44.7 Å². The molecule has 0 saturated carbocycles. The number of hydrogen-bond acceptors (Lipinski definition) is 5. The zero-order chi connectivity index (χ0) is 22.6. The number of thiazole rings is 1. The van der Waals surface area contributed by atoms with Gasteiger partial charge in [0.05, 0.1) is 20.0 Å². The first-order chi connectivity index (χ1) is 16.2. The molecular weight excluding hydrogens is 450 g/mol. The van der Waals surface area contributed by atoms with Crippen LogP contribution in [0.5, 0.6) is 0 Å². The van der Waals surface area contributed by atoms with Gasteiger partial charge < -0.3 is 9.80 Å². The van der Waals surface area contributed by atoms with Gasteiger partial charge in [-0.3, -0.25) is 9.59 Å². The molecule has 3 heterocycles. The number of amides is 2. The van der Waals surface area contributed by atoms with Gasteiger partial charge in [0.2, 0.25) is 5.91 Å². The van der Waals surface area contributed by atoms with E-state index in [0.717, 1.165) is 37.8 Å². The van der Waals surface area contributed by atoms with E-state index in [0.29, 0.717) is 32.6 Å². The number of benzene rings is 2. The second kappa shape index (κ2) is 9.85. The van der Waals surface area contributed by atoms with Crippen molar-refractivity contribution < 1.29 is 9.59 Å². The molecule has 0 radical (unpaired) electrons. The highest BCUT2D eigenvalue weighted by Gasteiger charge is 2.25. The molecule has 0 bridgehead atoms. The Labute approximate surface area is 201 Å². The van der Waals surface area contributed by atoms with Gasteiger partial charge in [-0.1, -0.05) is 42.5 Å². The maximum absolute atomic E-state index is 13.0. The molecule has 1 fully saturated rings. The van der Waals surface area contributed by atoms with Crippen LogP contribution < -0.4 is 0 Å². The number of thiophene rings is 1. The van der Waals surface area contributed by atoms with Crippen molar-refractivity contribution in [3.8, 4) is 9.88 Å². The molecule has 0 N–H and O–H groups in total. The van der Waals surface area contributed by atoms with Gasteiger partial charge in [0.1, 0.15) is 5.01 Å². The third-order valence-electron chi connectivity index (χ3n) is 5.94. The molecule has 0 unspecified atom stereocenters. The van der Waals surface area contributed by atoms with Gasteiger partial charge in [-0.05, 0) is 42.7 Å². The summed E-state index contributed by atoms with van der Waals surface area (Å²) >= 11 is 3.14. The molecule has 168 valence electrons. The first-order valence-corrected chi connectivity index (χ1v) is 12.9. The van der Waals surface area contributed by atoms with Gasteiger partial charge in [-0.15, -0.1) is 22.7 Å². The average molecular weight is 476 g/mol. The summed E-state index contributed by atoms with van der Waals surface area (Å²) in [7, 11) is 0. The van der Waals surface area contributed by atoms with Crippen molar-refractivity contribution in [3.05, 3.63) is 77.2 Å². The van der Waals surface area contributed by atoms with Gasteiger partial charge in [-0.2, -0.15) is 0 Å². The number of fused-ring (bicyclic) bond motifs is 1. The Morgan fingerprint density at radius 2 is 1.55 bits per heavy atom. The molecule has 1 aliphatic rings. The van der Waals surface area contributed by atoms with Gasteiger partial charge in [0, 0.05) is 32.6 Å². The number of carbonyl (C=O) groups excluding carboxylic acids is 2. The van der Waals surface area contributed by atoms with Crippen LogP contribution in [-0.2, 0) is 11.2 Å². The summed E-state index contributed by atoms with van der Waals surface area (Å²) in [5.41, 5.74) is 2.25. The lowest BCUT2D eigenvalue weighted by atomic mass is 10.1. The number of hydrogen-bond donors (Lipinski definition) is 0. The van der Waals surface area contributed by atoms with E-state index in [1.807, 2.05) is 58.3 Å². The van der Waals surface area contributed by atoms with Crippen LogP contribution in [0.3, 0.4) is 0 Å². The average Bonchev–Trinajstić information content (AvgIpc) is 3.52. The Hall–Kier alpha value is -3.03. The molecule has 0 atom stereocenters. The van der Waals surface area contributed by atoms with Crippen LogP contribution in [0, 0.1) is 0 Å². The number of aryl methyl sites for hydroxylation is 1. The van der Waals surface area contributed by atoms with Crippen molar-refractivity contribution in [1.29, 1.82) is 0 Å². The zero-order valence-corrected chi connectivity index (χ0v) is 19.9. The van der Waals surface area contributed by atoms with Crippen LogP contribution >= 0.6 is 22.7 Å². The van der Waals surface area contributed by atoms with Crippen LogP contribution in [0.2, 0.25) is 0 Å². The number of aromatic nitrogens is 1. The largest absolute Gasteiger partial charge is 0.339 e. The van der Waals surface area contributed by atoms with Crippen molar-refractivity contribution in [2.75, 3.05) is 26.2 Å². The Balaban J connectivity index is 1.13. The Morgan fingerprint density at radius 1 is 0.818 bits per heavy atom. The maximum Gasteiger partial charge on any atom is 0.264 e. The molecule has 0 spiro atoms. The van der Waals surface area contributed by atoms with Crippen molar-refractivity contribution in [2.24, 2.45) is 0 Å². The molecule has 1 saturated heterocycles. The molecule has 5 rings (SSSR count). The highest BCUT2D eigenvalue weighted by molar-refractivity contribution is 7.26. The minimum absolute atomic E-state index is 0.0449. The summed E-state index contributed by atoms with van der Waals surface area (Å²) in [6.45, 7) is 2.37. The third-order valence-corrected chi connectivity index (χ3v) is 8.22. The summed E-state index contributed by atoms with van der Waals surface area (Å²) in [5, 5.41) is 0.950. The third kappa shape index (κ3) is 4.99. The molecule has 0 aliphatic carbocycles. The number of carbonyl (C=O) groups is 2. The number of para-hydroxylation sites is 1. The van der Waals surface area contributed by atoms with E-state index in [9.17, 15) is 9.59 Å². The van der Waals surface area contributed by atoms with E-state index in [2.05, 4.69) is 18.2 Å². The molecule has 2 aromatic heterocycles. The number of piperazine rings is 1. The second-order valence-corrected chi connectivity index (χ2v) is 10.3. The van der Waals surface area contributed by atoms with Crippen molar-refractivity contribution in [2.45, 2.75) is 19.3 Å². The van der Waals surface area contributed by atoms with E-state index < -0.39 is 0 Å². The fourth-order valence-corrected chi connectivity index (χ4v) is 6.10. The van der Waals surface area contributed by atoms with E-state index in [-0.39, 0.29) is 11.8 Å². The summed E-state index contributed by atoms with van der Waals surface area (Å²) in [5.74, 6) is 0.232. The maximum atomic E-state index is 13.0. The molecule has 7 heteroatoms. The monoisotopic (exact) mass is 475 g/mol. The lowest BCUT2D eigenvalue weighted by molar-refractivity contribution is -0.132. The molecule has 2 amide bonds. The molecule has 5 nitrogen and oxygen atoms in total. The Bertz CT molecular complexity index is 1220. The molecule has 33 heavy (non-hydrogen) atoms. The quantitative estimate of drug-likeness (QED) is 0.379. The molecule has 2 aromatic carbocycles. The number of rotatable bonds is 6. The lowest BCUT2D eigenvalue weighted by Crippen LogP contribution is -2.50. The minimum atomic E-state index is 0.0449. The summed E-state index contributed by atoms with van der Waals surface area (Å²) in [6.07, 6.45) is 2.32. The molecular formula is C26H25N3O2S2. The lowest BCUT2D eigenvalue weighted by Gasteiger charge is -2.34. The smallest absolute Gasteiger partial charge is 0.264 e. The number of nitrogens with zero attached hydrogens (tertiary/aromatic N) is 3. The topological polar surface area (TPSA) is 53.5 Å². The molecule has 4 aromatic rings. The van der Waals surface area contributed by atoms with Gasteiger partial charge in [0.25, 0.3) is 5.91 Å². The standard InChI is InChI=1S/C26H25N3O2S2/c30-24(12-6-9-19-7-2-1-3-8-19)28-15-17-29(18-16-28)26(31)23-14-13-22(32-23)25-27-20-10-4-5-11-21(20)33-25/h1-5,7-8,10-11,13-14H,6,9,12,15-18H2. The van der Waals surface area contributed by atoms with E-state index >= 15 is 0 Å². The first kappa shape index (κ1) is 21.8. The van der Waals surface area contributed by atoms with E-state index in [1.54, 1.807) is 11.3 Å².